The first kappa shape index (κ1) is 9.89. The Hall–Kier alpha value is -1.11. The summed E-state index contributed by atoms with van der Waals surface area (Å²) in [5, 5.41) is 0. The summed E-state index contributed by atoms with van der Waals surface area (Å²) in [4.78, 5) is 10.9. The first-order valence-electron chi connectivity index (χ1n) is 3.57. The Bertz CT molecular complexity index is 215. The zero-order valence-electron chi connectivity index (χ0n) is 7.35. The highest BCUT2D eigenvalue weighted by Gasteiger charge is 1.99. The maximum atomic E-state index is 10.9. The average molecular weight is 150 g/mol. The predicted molar refractivity (Wildman–Crippen MR) is 48.4 cm³/mol. The van der Waals surface area contributed by atoms with Gasteiger partial charge in [-0.25, -0.2) is 0 Å². The molecule has 0 bridgehead atoms. The van der Waals surface area contributed by atoms with Crippen LogP contribution in [0.2, 0.25) is 0 Å². The van der Waals surface area contributed by atoms with Crippen LogP contribution in [0.15, 0.2) is 36.0 Å². The lowest BCUT2D eigenvalue weighted by atomic mass is 10.1. The first-order valence-corrected chi connectivity index (χ1v) is 3.57. The van der Waals surface area contributed by atoms with Gasteiger partial charge in [0.25, 0.3) is 0 Å². The molecule has 0 unspecified atom stereocenters. The normalized spacial score (nSPS) is 9.73. The topological polar surface area (TPSA) is 17.1 Å². The quantitative estimate of drug-likeness (QED) is 0.446. The van der Waals surface area contributed by atoms with Gasteiger partial charge in [0.2, 0.25) is 0 Å². The van der Waals surface area contributed by atoms with Crippen molar-refractivity contribution in [2.75, 3.05) is 0 Å². The fourth-order valence-electron chi connectivity index (χ4n) is 0.800. The van der Waals surface area contributed by atoms with Crippen molar-refractivity contribution < 1.29 is 4.79 Å². The molecule has 0 aliphatic heterocycles. The zero-order chi connectivity index (χ0) is 8.85. The van der Waals surface area contributed by atoms with Crippen molar-refractivity contribution in [2.45, 2.75) is 20.8 Å². The molecule has 0 saturated carbocycles. The molecule has 0 fully saturated rings. The van der Waals surface area contributed by atoms with E-state index < -0.39 is 0 Å². The van der Waals surface area contributed by atoms with E-state index in [4.69, 9.17) is 0 Å². The fourth-order valence-corrected chi connectivity index (χ4v) is 0.800. The Labute approximate surface area is 68.1 Å². The van der Waals surface area contributed by atoms with E-state index in [0.717, 1.165) is 11.1 Å². The van der Waals surface area contributed by atoms with Gasteiger partial charge < -0.3 is 0 Å². The minimum absolute atomic E-state index is 0.100. The molecule has 60 valence electrons. The van der Waals surface area contributed by atoms with Crippen molar-refractivity contribution in [1.82, 2.24) is 0 Å². The summed E-state index contributed by atoms with van der Waals surface area (Å²) in [6, 6.07) is 0. The predicted octanol–water partition coefficient (Wildman–Crippen LogP) is 2.65. The number of carbonyl (C=O) groups excluding carboxylic acids is 1. The van der Waals surface area contributed by atoms with Crippen molar-refractivity contribution in [2.24, 2.45) is 0 Å². The molecule has 0 N–H and O–H groups in total. The highest BCUT2D eigenvalue weighted by Crippen LogP contribution is 2.05. The monoisotopic (exact) mass is 150 g/mol. The Kier molecular flexibility index (Phi) is 4.20. The summed E-state index contributed by atoms with van der Waals surface area (Å²) >= 11 is 0. The molecule has 1 nitrogen and oxygen atoms in total. The van der Waals surface area contributed by atoms with Crippen LogP contribution in [-0.4, -0.2) is 5.78 Å². The summed E-state index contributed by atoms with van der Waals surface area (Å²) in [7, 11) is 0. The van der Waals surface area contributed by atoms with Gasteiger partial charge in [-0.1, -0.05) is 30.4 Å². The lowest BCUT2D eigenvalue weighted by molar-refractivity contribution is -0.113. The summed E-state index contributed by atoms with van der Waals surface area (Å²) in [6.07, 6.45) is 5.21. The van der Waals surface area contributed by atoms with Crippen LogP contribution in [0, 0.1) is 0 Å². The maximum Gasteiger partial charge on any atom is 0.159 e. The molecule has 0 atom stereocenters. The van der Waals surface area contributed by atoms with Gasteiger partial charge in [0.05, 0.1) is 0 Å². The fraction of sp³-hybridized carbons (Fsp3) is 0.300. The summed E-state index contributed by atoms with van der Waals surface area (Å²) in [6.45, 7) is 8.94. The molecular formula is C10H14O. The molecule has 0 spiro atoms. The van der Waals surface area contributed by atoms with Gasteiger partial charge in [0, 0.05) is 5.57 Å². The number of ketones is 1. The Balaban J connectivity index is 4.64. The molecule has 11 heavy (non-hydrogen) atoms. The molecule has 0 aromatic rings. The van der Waals surface area contributed by atoms with Gasteiger partial charge in [0.1, 0.15) is 0 Å². The standard InChI is InChI=1S/C10H14O/c1-5-6-7-10(8(2)3)9(4)11/h5-7H,1H2,2-4H3/b7-6-. The van der Waals surface area contributed by atoms with Gasteiger partial charge in [-0.2, -0.15) is 0 Å². The van der Waals surface area contributed by atoms with E-state index in [-0.39, 0.29) is 5.78 Å². The van der Waals surface area contributed by atoms with Crippen LogP contribution in [0.5, 0.6) is 0 Å². The van der Waals surface area contributed by atoms with Crippen molar-refractivity contribution in [3.63, 3.8) is 0 Å². The molecule has 0 aliphatic carbocycles. The van der Waals surface area contributed by atoms with E-state index in [1.54, 1.807) is 25.2 Å². The lowest BCUT2D eigenvalue weighted by Crippen LogP contribution is -1.94. The molecule has 1 heteroatoms. The minimum atomic E-state index is 0.100. The number of rotatable bonds is 3. The molecule has 0 aromatic heterocycles. The SMILES string of the molecule is C=C/C=C\C(C(C)=O)=C(C)C. The summed E-state index contributed by atoms with van der Waals surface area (Å²) in [5.74, 6) is 0.100. The third-order valence-electron chi connectivity index (χ3n) is 1.32. The van der Waals surface area contributed by atoms with E-state index in [1.807, 2.05) is 13.8 Å². The van der Waals surface area contributed by atoms with Crippen molar-refractivity contribution >= 4 is 5.78 Å². The second-order valence-corrected chi connectivity index (χ2v) is 2.56. The summed E-state index contributed by atoms with van der Waals surface area (Å²) in [5.41, 5.74) is 1.81. The lowest BCUT2D eigenvalue weighted by Gasteiger charge is -1.97. The van der Waals surface area contributed by atoms with Crippen LogP contribution in [0.3, 0.4) is 0 Å². The number of Topliss-reactive ketones (excluding diaryl/α,β-unsaturated/α-hetero) is 1. The number of hydrogen-bond acceptors (Lipinski definition) is 1. The van der Waals surface area contributed by atoms with E-state index in [2.05, 4.69) is 6.58 Å². The molecule has 0 saturated heterocycles. The van der Waals surface area contributed by atoms with Crippen molar-refractivity contribution in [3.05, 3.63) is 36.0 Å². The van der Waals surface area contributed by atoms with Gasteiger partial charge >= 0.3 is 0 Å². The highest BCUT2D eigenvalue weighted by atomic mass is 16.1. The Morgan fingerprint density at radius 2 is 1.82 bits per heavy atom. The van der Waals surface area contributed by atoms with Crippen LogP contribution in [0.25, 0.3) is 0 Å². The minimum Gasteiger partial charge on any atom is -0.295 e. The molecule has 0 aliphatic rings. The largest absolute Gasteiger partial charge is 0.295 e. The second-order valence-electron chi connectivity index (χ2n) is 2.56. The van der Waals surface area contributed by atoms with E-state index in [1.165, 1.54) is 0 Å². The maximum absolute atomic E-state index is 10.9. The third-order valence-corrected chi connectivity index (χ3v) is 1.32. The van der Waals surface area contributed by atoms with Crippen LogP contribution < -0.4 is 0 Å². The van der Waals surface area contributed by atoms with Gasteiger partial charge in [0.15, 0.2) is 5.78 Å². The number of allylic oxidation sites excluding steroid dienone is 5. The molecule has 0 heterocycles. The Morgan fingerprint density at radius 3 is 2.09 bits per heavy atom. The van der Waals surface area contributed by atoms with Crippen molar-refractivity contribution in [3.8, 4) is 0 Å². The van der Waals surface area contributed by atoms with Crippen LogP contribution in [0.1, 0.15) is 20.8 Å². The number of hydrogen-bond donors (Lipinski definition) is 0. The molecule has 0 aromatic carbocycles. The van der Waals surface area contributed by atoms with Crippen LogP contribution >= 0.6 is 0 Å². The smallest absolute Gasteiger partial charge is 0.159 e. The first-order chi connectivity index (χ1) is 5.09. The second kappa shape index (κ2) is 4.67. The third kappa shape index (κ3) is 3.56. The van der Waals surface area contributed by atoms with Gasteiger partial charge in [-0.3, -0.25) is 4.79 Å². The average Bonchev–Trinajstić information content (AvgIpc) is 1.87. The molecule has 0 amide bonds. The summed E-state index contributed by atoms with van der Waals surface area (Å²) < 4.78 is 0. The molecule has 0 rings (SSSR count). The molecular weight excluding hydrogens is 136 g/mol. The van der Waals surface area contributed by atoms with Crippen LogP contribution in [0.4, 0.5) is 0 Å². The zero-order valence-corrected chi connectivity index (χ0v) is 7.35. The van der Waals surface area contributed by atoms with E-state index in [9.17, 15) is 4.79 Å². The van der Waals surface area contributed by atoms with Gasteiger partial charge in [-0.05, 0) is 20.8 Å². The van der Waals surface area contributed by atoms with E-state index >= 15 is 0 Å². The number of carbonyl (C=O) groups is 1. The Morgan fingerprint density at radius 1 is 1.27 bits per heavy atom. The highest BCUT2D eigenvalue weighted by molar-refractivity contribution is 5.96. The van der Waals surface area contributed by atoms with Crippen molar-refractivity contribution in [1.29, 1.82) is 0 Å². The molecule has 0 radical (unpaired) electrons. The van der Waals surface area contributed by atoms with Crippen LogP contribution in [-0.2, 0) is 4.79 Å². The van der Waals surface area contributed by atoms with Gasteiger partial charge in [-0.15, -0.1) is 0 Å². The van der Waals surface area contributed by atoms with E-state index in [0.29, 0.717) is 0 Å².